The third kappa shape index (κ3) is 1.92. The van der Waals surface area contributed by atoms with Crippen LogP contribution in [0.3, 0.4) is 0 Å². The first-order valence-electron chi connectivity index (χ1n) is 5.43. The summed E-state index contributed by atoms with van der Waals surface area (Å²) in [5, 5.41) is 0. The van der Waals surface area contributed by atoms with Crippen molar-refractivity contribution < 1.29 is 4.74 Å². The Bertz CT molecular complexity index is 408. The van der Waals surface area contributed by atoms with Crippen LogP contribution >= 0.6 is 0 Å². The number of rotatable bonds is 0. The van der Waals surface area contributed by atoms with Crippen LogP contribution in [0.25, 0.3) is 6.08 Å². The summed E-state index contributed by atoms with van der Waals surface area (Å²) in [6.45, 7) is 9.51. The van der Waals surface area contributed by atoms with Crippen molar-refractivity contribution in [2.24, 2.45) is 0 Å². The molecule has 2 rings (SSSR count). The van der Waals surface area contributed by atoms with E-state index in [1.54, 1.807) is 0 Å². The molecule has 1 aromatic rings. The maximum absolute atomic E-state index is 5.75. The minimum atomic E-state index is 0.140. The fraction of sp³-hybridized carbons (Fsp3) is 0.429. The van der Waals surface area contributed by atoms with Crippen molar-refractivity contribution in [3.8, 4) is 5.75 Å². The van der Waals surface area contributed by atoms with Gasteiger partial charge in [0, 0.05) is 11.1 Å². The summed E-state index contributed by atoms with van der Waals surface area (Å²) in [5.41, 5.74) is 3.96. The van der Waals surface area contributed by atoms with Gasteiger partial charge in [0.05, 0.1) is 0 Å². The lowest BCUT2D eigenvalue weighted by Gasteiger charge is -2.26. The van der Waals surface area contributed by atoms with E-state index in [0.29, 0.717) is 6.61 Å². The highest BCUT2D eigenvalue weighted by Gasteiger charge is 2.22. The minimum Gasteiger partial charge on any atom is -0.489 e. The van der Waals surface area contributed by atoms with E-state index in [9.17, 15) is 0 Å². The number of hydrogen-bond acceptors (Lipinski definition) is 1. The quantitative estimate of drug-likeness (QED) is 0.623. The predicted molar refractivity (Wildman–Crippen MR) is 64.4 cm³/mol. The normalized spacial score (nSPS) is 14.7. The highest BCUT2D eigenvalue weighted by molar-refractivity contribution is 5.64. The molecule has 0 atom stereocenters. The van der Waals surface area contributed by atoms with Gasteiger partial charge in [-0.3, -0.25) is 0 Å². The van der Waals surface area contributed by atoms with Gasteiger partial charge >= 0.3 is 0 Å². The van der Waals surface area contributed by atoms with Crippen LogP contribution in [-0.4, -0.2) is 6.61 Å². The third-order valence-electron chi connectivity index (χ3n) is 2.69. The summed E-state index contributed by atoms with van der Waals surface area (Å²) >= 11 is 0. The van der Waals surface area contributed by atoms with E-state index in [4.69, 9.17) is 4.74 Å². The first kappa shape index (κ1) is 10.3. The summed E-state index contributed by atoms with van der Waals surface area (Å²) in [6, 6.07) is 4.41. The lowest BCUT2D eigenvalue weighted by Crippen LogP contribution is -2.16. The van der Waals surface area contributed by atoms with E-state index in [0.717, 1.165) is 5.75 Å². The SMILES string of the molecule is Cc1cc2c(c(C(C)(C)C)c1)OCC=C2. The zero-order valence-corrected chi connectivity index (χ0v) is 9.92. The Labute approximate surface area is 91.8 Å². The zero-order valence-electron chi connectivity index (χ0n) is 9.92. The second kappa shape index (κ2) is 3.41. The van der Waals surface area contributed by atoms with E-state index in [-0.39, 0.29) is 5.41 Å². The van der Waals surface area contributed by atoms with Crippen molar-refractivity contribution in [3.63, 3.8) is 0 Å². The molecule has 80 valence electrons. The van der Waals surface area contributed by atoms with Gasteiger partial charge in [-0.2, -0.15) is 0 Å². The van der Waals surface area contributed by atoms with E-state index >= 15 is 0 Å². The van der Waals surface area contributed by atoms with Gasteiger partial charge in [-0.05, 0) is 30.0 Å². The third-order valence-corrected chi connectivity index (χ3v) is 2.69. The molecule has 0 radical (unpaired) electrons. The molecule has 0 saturated heterocycles. The van der Waals surface area contributed by atoms with Crippen LogP contribution in [0, 0.1) is 6.92 Å². The molecule has 0 amide bonds. The van der Waals surface area contributed by atoms with E-state index in [1.807, 2.05) is 0 Å². The molecular formula is C14H18O. The summed E-state index contributed by atoms with van der Waals surface area (Å²) in [5.74, 6) is 1.07. The van der Waals surface area contributed by atoms with Gasteiger partial charge in [0.15, 0.2) is 0 Å². The molecule has 0 spiro atoms. The molecule has 0 saturated carbocycles. The highest BCUT2D eigenvalue weighted by atomic mass is 16.5. The molecule has 1 aromatic carbocycles. The zero-order chi connectivity index (χ0) is 11.1. The van der Waals surface area contributed by atoms with Crippen LogP contribution < -0.4 is 4.74 Å². The average molecular weight is 202 g/mol. The Morgan fingerprint density at radius 1 is 1.20 bits per heavy atom. The monoisotopic (exact) mass is 202 g/mol. The van der Waals surface area contributed by atoms with E-state index in [1.165, 1.54) is 16.7 Å². The van der Waals surface area contributed by atoms with Crippen LogP contribution in [0.1, 0.15) is 37.5 Å². The van der Waals surface area contributed by atoms with Crippen LogP contribution in [-0.2, 0) is 5.41 Å². The summed E-state index contributed by atoms with van der Waals surface area (Å²) in [4.78, 5) is 0. The number of fused-ring (bicyclic) bond motifs is 1. The van der Waals surface area contributed by atoms with Crippen molar-refractivity contribution >= 4 is 6.08 Å². The first-order chi connectivity index (χ1) is 6.98. The van der Waals surface area contributed by atoms with Gasteiger partial charge in [0.1, 0.15) is 12.4 Å². The van der Waals surface area contributed by atoms with Gasteiger partial charge < -0.3 is 4.74 Å². The van der Waals surface area contributed by atoms with Crippen molar-refractivity contribution in [1.82, 2.24) is 0 Å². The van der Waals surface area contributed by atoms with Gasteiger partial charge in [-0.25, -0.2) is 0 Å². The number of hydrogen-bond donors (Lipinski definition) is 0. The molecule has 1 nitrogen and oxygen atoms in total. The molecule has 15 heavy (non-hydrogen) atoms. The molecule has 0 bridgehead atoms. The van der Waals surface area contributed by atoms with Crippen LogP contribution in [0.4, 0.5) is 0 Å². The molecule has 0 aromatic heterocycles. The Morgan fingerprint density at radius 3 is 2.60 bits per heavy atom. The Kier molecular flexibility index (Phi) is 2.34. The average Bonchev–Trinajstić information content (AvgIpc) is 2.15. The summed E-state index contributed by atoms with van der Waals surface area (Å²) in [7, 11) is 0. The fourth-order valence-electron chi connectivity index (χ4n) is 1.95. The van der Waals surface area contributed by atoms with Crippen molar-refractivity contribution in [3.05, 3.63) is 34.9 Å². The largest absolute Gasteiger partial charge is 0.489 e. The minimum absolute atomic E-state index is 0.140. The Balaban J connectivity index is 2.64. The fourth-order valence-corrected chi connectivity index (χ4v) is 1.95. The van der Waals surface area contributed by atoms with Gasteiger partial charge in [0.25, 0.3) is 0 Å². The van der Waals surface area contributed by atoms with Crippen LogP contribution in [0.15, 0.2) is 18.2 Å². The lowest BCUT2D eigenvalue weighted by atomic mass is 9.84. The van der Waals surface area contributed by atoms with Gasteiger partial charge in [-0.15, -0.1) is 0 Å². The molecule has 0 unspecified atom stereocenters. The van der Waals surface area contributed by atoms with Gasteiger partial charge in [0.2, 0.25) is 0 Å². The number of benzene rings is 1. The van der Waals surface area contributed by atoms with Crippen LogP contribution in [0.5, 0.6) is 5.75 Å². The topological polar surface area (TPSA) is 9.23 Å². The summed E-state index contributed by atoms with van der Waals surface area (Å²) < 4.78 is 5.75. The summed E-state index contributed by atoms with van der Waals surface area (Å²) in [6.07, 6.45) is 4.22. The molecule has 1 heteroatoms. The Morgan fingerprint density at radius 2 is 1.93 bits per heavy atom. The molecule has 1 aliphatic rings. The molecule has 0 N–H and O–H groups in total. The predicted octanol–water partition coefficient (Wildman–Crippen LogP) is 3.70. The highest BCUT2D eigenvalue weighted by Crippen LogP contribution is 2.37. The van der Waals surface area contributed by atoms with E-state index in [2.05, 4.69) is 52.0 Å². The standard InChI is InChI=1S/C14H18O/c1-10-8-11-6-5-7-15-13(11)12(9-10)14(2,3)4/h5-6,8-9H,7H2,1-4H3. The first-order valence-corrected chi connectivity index (χ1v) is 5.43. The smallest absolute Gasteiger partial charge is 0.130 e. The van der Waals surface area contributed by atoms with E-state index < -0.39 is 0 Å². The van der Waals surface area contributed by atoms with Crippen molar-refractivity contribution in [2.45, 2.75) is 33.1 Å². The second-order valence-corrected chi connectivity index (χ2v) is 5.19. The molecule has 1 aliphatic heterocycles. The van der Waals surface area contributed by atoms with Crippen molar-refractivity contribution in [1.29, 1.82) is 0 Å². The maximum Gasteiger partial charge on any atom is 0.130 e. The molecular weight excluding hydrogens is 184 g/mol. The number of aryl methyl sites for hydroxylation is 1. The number of ether oxygens (including phenoxy) is 1. The molecule has 1 heterocycles. The van der Waals surface area contributed by atoms with Crippen LogP contribution in [0.2, 0.25) is 0 Å². The lowest BCUT2D eigenvalue weighted by molar-refractivity contribution is 0.346. The Hall–Kier alpha value is -1.24. The second-order valence-electron chi connectivity index (χ2n) is 5.19. The molecule has 0 fully saturated rings. The van der Waals surface area contributed by atoms with Crippen molar-refractivity contribution in [2.75, 3.05) is 6.61 Å². The maximum atomic E-state index is 5.75. The molecule has 0 aliphatic carbocycles. The van der Waals surface area contributed by atoms with Gasteiger partial charge in [-0.1, -0.05) is 32.9 Å².